The zero-order chi connectivity index (χ0) is 16.8. The molecule has 1 saturated carbocycles. The molecule has 2 heterocycles. The van der Waals surface area contributed by atoms with Crippen LogP contribution in [-0.2, 0) is 11.2 Å². The van der Waals surface area contributed by atoms with Crippen molar-refractivity contribution < 1.29 is 9.90 Å². The summed E-state index contributed by atoms with van der Waals surface area (Å²) in [6, 6.07) is 8.52. The van der Waals surface area contributed by atoms with Gasteiger partial charge in [-0.1, -0.05) is 23.7 Å². The molecule has 6 heteroatoms. The average Bonchev–Trinajstić information content (AvgIpc) is 3.26. The highest BCUT2D eigenvalue weighted by atomic mass is 35.5. The topological polar surface area (TPSA) is 59.3 Å². The number of carboxylic acids is 1. The van der Waals surface area contributed by atoms with Gasteiger partial charge in [-0.3, -0.25) is 9.36 Å². The number of carboxylic acid groups (broad SMARTS) is 1. The molecule has 1 fully saturated rings. The van der Waals surface area contributed by atoms with E-state index in [1.54, 1.807) is 6.07 Å². The number of thioether (sulfide) groups is 1. The van der Waals surface area contributed by atoms with E-state index in [4.69, 9.17) is 11.6 Å². The molecule has 1 N–H and O–H groups in total. The van der Waals surface area contributed by atoms with Gasteiger partial charge >= 0.3 is 5.97 Å². The smallest absolute Gasteiger partial charge is 0.327 e. The Kier molecular flexibility index (Phi) is 3.93. The monoisotopic (exact) mass is 361 g/mol. The molecular formula is C18H16ClNO3S. The Bertz CT molecular complexity index is 871. The molecule has 2 aliphatic rings. The fourth-order valence-electron chi connectivity index (χ4n) is 3.30. The number of nitrogens with zero attached hydrogens (tertiary/aromatic N) is 1. The largest absolute Gasteiger partial charge is 0.480 e. The maximum atomic E-state index is 12.6. The van der Waals surface area contributed by atoms with Crippen LogP contribution in [0.25, 0.3) is 0 Å². The van der Waals surface area contributed by atoms with Crippen molar-refractivity contribution >= 4 is 29.3 Å². The first-order valence-corrected chi connectivity index (χ1v) is 9.29. The molecule has 1 aromatic carbocycles. The van der Waals surface area contributed by atoms with Crippen LogP contribution in [0.2, 0.25) is 5.02 Å². The third-order valence-electron chi connectivity index (χ3n) is 4.60. The molecule has 24 heavy (non-hydrogen) atoms. The second kappa shape index (κ2) is 5.97. The molecule has 124 valence electrons. The zero-order valence-corrected chi connectivity index (χ0v) is 14.4. The number of rotatable bonds is 4. The molecule has 0 bridgehead atoms. The molecule has 0 radical (unpaired) electrons. The maximum absolute atomic E-state index is 12.6. The van der Waals surface area contributed by atoms with Crippen LogP contribution >= 0.6 is 23.4 Å². The highest BCUT2D eigenvalue weighted by molar-refractivity contribution is 7.99. The summed E-state index contributed by atoms with van der Waals surface area (Å²) < 4.78 is 1.48. The van der Waals surface area contributed by atoms with Gasteiger partial charge in [-0.2, -0.15) is 0 Å². The summed E-state index contributed by atoms with van der Waals surface area (Å²) in [4.78, 5) is 24.0. The number of aromatic nitrogens is 1. The van der Waals surface area contributed by atoms with Crippen molar-refractivity contribution in [1.82, 2.24) is 4.57 Å². The van der Waals surface area contributed by atoms with Crippen LogP contribution in [0.5, 0.6) is 0 Å². The van der Waals surface area contributed by atoms with Crippen molar-refractivity contribution in [3.8, 4) is 0 Å². The lowest BCUT2D eigenvalue weighted by molar-refractivity contribution is -0.140. The fourth-order valence-corrected chi connectivity index (χ4v) is 4.84. The first-order chi connectivity index (χ1) is 11.5. The summed E-state index contributed by atoms with van der Waals surface area (Å²) >= 11 is 7.44. The molecule has 1 unspecified atom stereocenters. The standard InChI is InChI=1S/C18H16ClNO3S/c19-13-5-1-10(2-6-13)7-12-8-15(21)20-14(18(22)23)9-24-17(20)16(12)11-3-4-11/h1-2,5-6,8,11,14H,3-4,7,9H2,(H,22,23). The van der Waals surface area contributed by atoms with Gasteiger partial charge in [0, 0.05) is 16.8 Å². The van der Waals surface area contributed by atoms with Crippen molar-refractivity contribution in [2.24, 2.45) is 0 Å². The molecular weight excluding hydrogens is 346 g/mol. The third kappa shape index (κ3) is 2.76. The molecule has 4 rings (SSSR count). The number of benzene rings is 1. The maximum Gasteiger partial charge on any atom is 0.327 e. The van der Waals surface area contributed by atoms with Gasteiger partial charge in [0.05, 0.1) is 5.03 Å². The van der Waals surface area contributed by atoms with Crippen molar-refractivity contribution in [3.63, 3.8) is 0 Å². The van der Waals surface area contributed by atoms with Gasteiger partial charge in [0.2, 0.25) is 0 Å². The van der Waals surface area contributed by atoms with Crippen molar-refractivity contribution in [1.29, 1.82) is 0 Å². The Hall–Kier alpha value is -1.72. The van der Waals surface area contributed by atoms with Crippen LogP contribution in [0.3, 0.4) is 0 Å². The van der Waals surface area contributed by atoms with Gasteiger partial charge in [0.25, 0.3) is 5.56 Å². The van der Waals surface area contributed by atoms with E-state index in [-0.39, 0.29) is 5.56 Å². The van der Waals surface area contributed by atoms with Gasteiger partial charge in [0.1, 0.15) is 6.04 Å². The summed E-state index contributed by atoms with van der Waals surface area (Å²) in [6.45, 7) is 0. The minimum absolute atomic E-state index is 0.212. The summed E-state index contributed by atoms with van der Waals surface area (Å²) in [7, 11) is 0. The van der Waals surface area contributed by atoms with Gasteiger partial charge in [-0.15, -0.1) is 11.8 Å². The number of halogens is 1. The molecule has 2 aromatic rings. The lowest BCUT2D eigenvalue weighted by Gasteiger charge is -2.16. The molecule has 4 nitrogen and oxygen atoms in total. The van der Waals surface area contributed by atoms with Crippen LogP contribution in [-0.4, -0.2) is 21.4 Å². The quantitative estimate of drug-likeness (QED) is 0.902. The van der Waals surface area contributed by atoms with E-state index >= 15 is 0 Å². The van der Waals surface area contributed by atoms with Gasteiger partial charge in [-0.25, -0.2) is 4.79 Å². The number of carbonyl (C=O) groups is 1. The summed E-state index contributed by atoms with van der Waals surface area (Å²) in [5.74, 6) is -0.0564. The van der Waals surface area contributed by atoms with Gasteiger partial charge in [-0.05, 0) is 54.0 Å². The Balaban J connectivity index is 1.81. The van der Waals surface area contributed by atoms with Crippen LogP contribution < -0.4 is 5.56 Å². The molecule has 0 spiro atoms. The van der Waals surface area contributed by atoms with Gasteiger partial charge in [0.15, 0.2) is 0 Å². The summed E-state index contributed by atoms with van der Waals surface area (Å²) in [5.41, 5.74) is 3.09. The SMILES string of the molecule is O=C(O)C1CSc2c(C3CC3)c(Cc3ccc(Cl)cc3)cc(=O)n21. The predicted octanol–water partition coefficient (Wildman–Crippen LogP) is 3.70. The molecule has 1 aromatic heterocycles. The summed E-state index contributed by atoms with van der Waals surface area (Å²) in [6.07, 6.45) is 2.89. The van der Waals surface area contributed by atoms with Crippen LogP contribution in [0, 0.1) is 0 Å². The minimum Gasteiger partial charge on any atom is -0.480 e. The molecule has 0 amide bonds. The number of aliphatic carboxylic acids is 1. The minimum atomic E-state index is -0.935. The Morgan fingerprint density at radius 2 is 2.00 bits per heavy atom. The molecule has 0 saturated heterocycles. The van der Waals surface area contributed by atoms with Crippen LogP contribution in [0.1, 0.15) is 41.5 Å². The van der Waals surface area contributed by atoms with Crippen molar-refractivity contribution in [3.05, 3.63) is 62.4 Å². The van der Waals surface area contributed by atoms with E-state index in [0.717, 1.165) is 29.0 Å². The van der Waals surface area contributed by atoms with Crippen LogP contribution in [0.4, 0.5) is 0 Å². The van der Waals surface area contributed by atoms with E-state index < -0.39 is 12.0 Å². The number of hydrogen-bond donors (Lipinski definition) is 1. The van der Waals surface area contributed by atoms with Crippen molar-refractivity contribution in [2.45, 2.75) is 36.2 Å². The Morgan fingerprint density at radius 3 is 2.62 bits per heavy atom. The molecule has 1 aliphatic heterocycles. The van der Waals surface area contributed by atoms with Gasteiger partial charge < -0.3 is 5.11 Å². The normalized spacial score (nSPS) is 19.3. The lowest BCUT2D eigenvalue weighted by atomic mass is 9.98. The highest BCUT2D eigenvalue weighted by Gasteiger charge is 2.37. The van der Waals surface area contributed by atoms with E-state index in [0.29, 0.717) is 23.1 Å². The van der Waals surface area contributed by atoms with E-state index in [2.05, 4.69) is 0 Å². The van der Waals surface area contributed by atoms with Crippen LogP contribution in [0.15, 0.2) is 40.2 Å². The van der Waals surface area contributed by atoms with Crippen molar-refractivity contribution in [2.75, 3.05) is 5.75 Å². The molecule has 1 aliphatic carbocycles. The third-order valence-corrected chi connectivity index (χ3v) is 6.02. The Morgan fingerprint density at radius 1 is 1.29 bits per heavy atom. The average molecular weight is 362 g/mol. The second-order valence-electron chi connectivity index (χ2n) is 6.34. The lowest BCUT2D eigenvalue weighted by Crippen LogP contribution is -2.29. The number of hydrogen-bond acceptors (Lipinski definition) is 3. The second-order valence-corrected chi connectivity index (χ2v) is 7.78. The predicted molar refractivity (Wildman–Crippen MR) is 94.3 cm³/mol. The number of fused-ring (bicyclic) bond motifs is 1. The van der Waals surface area contributed by atoms with E-state index in [9.17, 15) is 14.7 Å². The summed E-state index contributed by atoms with van der Waals surface area (Å²) in [5, 5.41) is 10.9. The first kappa shape index (κ1) is 15.8. The highest BCUT2D eigenvalue weighted by Crippen LogP contribution is 2.48. The van der Waals surface area contributed by atoms with E-state index in [1.807, 2.05) is 24.3 Å². The Labute approximate surface area is 148 Å². The zero-order valence-electron chi connectivity index (χ0n) is 12.9. The van der Waals surface area contributed by atoms with E-state index in [1.165, 1.54) is 21.9 Å². The fraction of sp³-hybridized carbons (Fsp3) is 0.333. The first-order valence-electron chi connectivity index (χ1n) is 7.93. The number of pyridine rings is 1. The molecule has 1 atom stereocenters.